The Kier molecular flexibility index (Phi) is 2.61. The predicted molar refractivity (Wildman–Crippen MR) is 88.1 cm³/mol. The maximum atomic E-state index is 6.20. The fourth-order valence-electron chi connectivity index (χ4n) is 5.58. The molecule has 4 heterocycles. The Bertz CT molecular complexity index is 749. The van der Waals surface area contributed by atoms with Gasteiger partial charge in [-0.15, -0.1) is 0 Å². The number of nitrogens with zero attached hydrogens (tertiary/aromatic N) is 2. The number of fused-ring (bicyclic) bond motifs is 5. The highest BCUT2D eigenvalue weighted by Gasteiger charge is 2.53. The molecule has 0 aliphatic carbocycles. The number of rotatable bonds is 0. The minimum absolute atomic E-state index is 0.364. The summed E-state index contributed by atoms with van der Waals surface area (Å²) < 4.78 is 8.86. The van der Waals surface area contributed by atoms with Crippen LogP contribution >= 0.6 is 0 Å². The molecule has 0 radical (unpaired) electrons. The van der Waals surface area contributed by atoms with Gasteiger partial charge >= 0.3 is 0 Å². The Morgan fingerprint density at radius 1 is 1.23 bits per heavy atom. The van der Waals surface area contributed by atoms with Crippen molar-refractivity contribution < 1.29 is 4.74 Å². The lowest BCUT2D eigenvalue weighted by Crippen LogP contribution is -2.57. The molecule has 22 heavy (non-hydrogen) atoms. The maximum Gasteiger partial charge on any atom is 0.0921 e. The van der Waals surface area contributed by atoms with Gasteiger partial charge in [-0.2, -0.15) is 0 Å². The summed E-state index contributed by atoms with van der Waals surface area (Å²) >= 11 is 0. The molecule has 4 bridgehead atoms. The second kappa shape index (κ2) is 4.36. The van der Waals surface area contributed by atoms with Crippen LogP contribution in [0.1, 0.15) is 36.7 Å². The molecule has 5 atom stereocenters. The van der Waals surface area contributed by atoms with Gasteiger partial charge in [0.25, 0.3) is 0 Å². The highest BCUT2D eigenvalue weighted by atomic mass is 16.5. The molecular formula is C19H24N2O. The number of ether oxygens (including phenoxy) is 1. The Balaban J connectivity index is 1.86. The quantitative estimate of drug-likeness (QED) is 0.740. The normalized spacial score (nSPS) is 37.3. The average Bonchev–Trinajstić information content (AvgIpc) is 2.81. The van der Waals surface area contributed by atoms with Gasteiger partial charge in [0.15, 0.2) is 0 Å². The van der Waals surface area contributed by atoms with E-state index in [0.717, 1.165) is 12.5 Å². The number of piperidine rings is 1. The first-order valence-corrected chi connectivity index (χ1v) is 8.59. The second-order valence-corrected chi connectivity index (χ2v) is 7.47. The summed E-state index contributed by atoms with van der Waals surface area (Å²) in [5.41, 5.74) is 4.43. The topological polar surface area (TPSA) is 17.4 Å². The van der Waals surface area contributed by atoms with Crippen LogP contribution in [0.5, 0.6) is 0 Å². The molecule has 5 rings (SSSR count). The maximum absolute atomic E-state index is 6.20. The molecule has 3 aliphatic rings. The molecular weight excluding hydrogens is 272 g/mol. The molecule has 0 saturated carbocycles. The van der Waals surface area contributed by atoms with E-state index in [2.05, 4.69) is 54.6 Å². The van der Waals surface area contributed by atoms with E-state index in [4.69, 9.17) is 4.74 Å². The number of hydrogen-bond acceptors (Lipinski definition) is 2. The highest BCUT2D eigenvalue weighted by Crippen LogP contribution is 2.55. The van der Waals surface area contributed by atoms with Crippen molar-refractivity contribution in [1.29, 1.82) is 0 Å². The van der Waals surface area contributed by atoms with Crippen molar-refractivity contribution >= 4 is 10.9 Å². The third-order valence-corrected chi connectivity index (χ3v) is 6.53. The number of para-hydroxylation sites is 1. The molecule has 3 nitrogen and oxygen atoms in total. The van der Waals surface area contributed by atoms with Gasteiger partial charge in [0.2, 0.25) is 0 Å². The molecule has 3 aliphatic heterocycles. The minimum atomic E-state index is 0.364. The fourth-order valence-corrected chi connectivity index (χ4v) is 5.58. The number of likely N-dealkylation sites (tertiary alicyclic amines) is 1. The van der Waals surface area contributed by atoms with Gasteiger partial charge in [0.1, 0.15) is 0 Å². The van der Waals surface area contributed by atoms with Crippen LogP contribution in [-0.2, 0) is 4.74 Å². The van der Waals surface area contributed by atoms with Crippen molar-refractivity contribution in [2.24, 2.45) is 11.8 Å². The lowest BCUT2D eigenvalue weighted by Gasteiger charge is -2.56. The van der Waals surface area contributed by atoms with Crippen molar-refractivity contribution in [1.82, 2.24) is 9.47 Å². The Morgan fingerprint density at radius 3 is 2.91 bits per heavy atom. The SMILES string of the molecule is Cc1c2n(c3ccccc13)[C@@H]1[C@@H]3C(CCN1C)[C@H]2CO[C@@H]3C. The van der Waals surface area contributed by atoms with Crippen LogP contribution in [-0.4, -0.2) is 35.8 Å². The van der Waals surface area contributed by atoms with Crippen LogP contribution in [0.15, 0.2) is 24.3 Å². The minimum Gasteiger partial charge on any atom is -0.377 e. The van der Waals surface area contributed by atoms with E-state index in [1.54, 1.807) is 5.69 Å². The van der Waals surface area contributed by atoms with E-state index in [-0.39, 0.29) is 0 Å². The number of benzene rings is 1. The first-order valence-electron chi connectivity index (χ1n) is 8.59. The van der Waals surface area contributed by atoms with E-state index in [1.807, 2.05) is 0 Å². The largest absolute Gasteiger partial charge is 0.377 e. The molecule has 0 N–H and O–H groups in total. The monoisotopic (exact) mass is 296 g/mol. The lowest BCUT2D eigenvalue weighted by molar-refractivity contribution is -0.144. The number of aromatic nitrogens is 1. The molecule has 1 unspecified atom stereocenters. The Labute approximate surface area is 131 Å². The zero-order chi connectivity index (χ0) is 15.0. The standard InChI is InChI=1S/C19H24N2O/c1-11-13-6-4-5-7-16(13)21-18(11)15-10-22-12(2)17-14(15)8-9-20(3)19(17)21/h4-7,12,14-15,17,19H,8-10H2,1-3H3/t12-,14?,15-,17+,19-/m1/s1. The summed E-state index contributed by atoms with van der Waals surface area (Å²) in [5, 5.41) is 1.43. The van der Waals surface area contributed by atoms with Crippen molar-refractivity contribution in [2.75, 3.05) is 20.2 Å². The van der Waals surface area contributed by atoms with Crippen LogP contribution in [0.2, 0.25) is 0 Å². The fraction of sp³-hybridized carbons (Fsp3) is 0.579. The third-order valence-electron chi connectivity index (χ3n) is 6.53. The molecule has 0 spiro atoms. The van der Waals surface area contributed by atoms with Gasteiger partial charge in [-0.05, 0) is 44.9 Å². The first-order chi connectivity index (χ1) is 10.7. The van der Waals surface area contributed by atoms with Crippen LogP contribution in [0.4, 0.5) is 0 Å². The number of aryl methyl sites for hydroxylation is 1. The van der Waals surface area contributed by atoms with E-state index < -0.39 is 0 Å². The summed E-state index contributed by atoms with van der Waals surface area (Å²) in [4.78, 5) is 2.55. The Morgan fingerprint density at radius 2 is 2.05 bits per heavy atom. The molecule has 0 amide bonds. The highest BCUT2D eigenvalue weighted by molar-refractivity contribution is 5.86. The van der Waals surface area contributed by atoms with Crippen LogP contribution in [0, 0.1) is 18.8 Å². The average molecular weight is 296 g/mol. The van der Waals surface area contributed by atoms with Crippen LogP contribution in [0.25, 0.3) is 10.9 Å². The van der Waals surface area contributed by atoms with Gasteiger partial charge in [0.05, 0.1) is 18.9 Å². The van der Waals surface area contributed by atoms with Gasteiger partial charge in [0, 0.05) is 35.0 Å². The summed E-state index contributed by atoms with van der Waals surface area (Å²) in [5.74, 6) is 2.00. The zero-order valence-corrected chi connectivity index (χ0v) is 13.6. The smallest absolute Gasteiger partial charge is 0.0921 e. The van der Waals surface area contributed by atoms with Gasteiger partial charge < -0.3 is 9.30 Å². The van der Waals surface area contributed by atoms with Gasteiger partial charge in [-0.3, -0.25) is 4.90 Å². The zero-order valence-electron chi connectivity index (χ0n) is 13.6. The van der Waals surface area contributed by atoms with Crippen molar-refractivity contribution in [3.05, 3.63) is 35.5 Å². The van der Waals surface area contributed by atoms with Gasteiger partial charge in [-0.25, -0.2) is 0 Å². The van der Waals surface area contributed by atoms with Crippen molar-refractivity contribution in [2.45, 2.75) is 38.5 Å². The van der Waals surface area contributed by atoms with E-state index >= 15 is 0 Å². The summed E-state index contributed by atoms with van der Waals surface area (Å²) in [6, 6.07) is 8.94. The summed E-state index contributed by atoms with van der Waals surface area (Å²) in [6.45, 7) is 6.70. The van der Waals surface area contributed by atoms with E-state index in [0.29, 0.717) is 24.1 Å². The predicted octanol–water partition coefficient (Wildman–Crippen LogP) is 3.53. The first kappa shape index (κ1) is 13.1. The molecule has 1 aromatic carbocycles. The molecule has 116 valence electrons. The summed E-state index contributed by atoms with van der Waals surface area (Å²) in [7, 11) is 2.29. The molecule has 3 heteroatoms. The molecule has 2 aromatic rings. The van der Waals surface area contributed by atoms with Crippen molar-refractivity contribution in [3.63, 3.8) is 0 Å². The van der Waals surface area contributed by atoms with Gasteiger partial charge in [-0.1, -0.05) is 18.2 Å². The van der Waals surface area contributed by atoms with E-state index in [1.165, 1.54) is 29.4 Å². The van der Waals surface area contributed by atoms with Crippen LogP contribution in [0.3, 0.4) is 0 Å². The molecule has 1 aromatic heterocycles. The summed E-state index contributed by atoms with van der Waals surface area (Å²) in [6.07, 6.45) is 2.14. The molecule has 2 saturated heterocycles. The lowest BCUT2D eigenvalue weighted by atomic mass is 9.67. The van der Waals surface area contributed by atoms with Crippen molar-refractivity contribution in [3.8, 4) is 0 Å². The van der Waals surface area contributed by atoms with Crippen LogP contribution < -0.4 is 0 Å². The number of hydrogen-bond donors (Lipinski definition) is 0. The third kappa shape index (κ3) is 1.44. The second-order valence-electron chi connectivity index (χ2n) is 7.47. The molecule has 2 fully saturated rings. The van der Waals surface area contributed by atoms with E-state index in [9.17, 15) is 0 Å². The Hall–Kier alpha value is -1.32.